The van der Waals surface area contributed by atoms with Crippen LogP contribution in [-0.4, -0.2) is 74.9 Å². The van der Waals surface area contributed by atoms with Crippen LogP contribution in [0.15, 0.2) is 29.2 Å². The number of rotatable bonds is 6. The molecule has 3 N–H and O–H groups in total. The Bertz CT molecular complexity index is 711. The maximum atomic E-state index is 13.0. The third-order valence-corrected chi connectivity index (χ3v) is 6.75. The molecular formula is C18H31N5O4S. The summed E-state index contributed by atoms with van der Waals surface area (Å²) in [6, 6.07) is 5.10. The first-order chi connectivity index (χ1) is 13.4. The molecule has 10 heteroatoms. The molecule has 0 aliphatic carbocycles. The van der Waals surface area contributed by atoms with Crippen LogP contribution in [0.1, 0.15) is 25.7 Å². The number of hydrogen-bond acceptors (Lipinski definition) is 7. The average Bonchev–Trinajstić information content (AvgIpc) is 2.67. The zero-order valence-corrected chi connectivity index (χ0v) is 17.1. The second kappa shape index (κ2) is 11.4. The van der Waals surface area contributed by atoms with Gasteiger partial charge in [0.25, 0.3) is 5.69 Å². The minimum absolute atomic E-state index is 0.0955. The number of nitrogens with one attached hydrogen (secondary N) is 1. The topological polar surface area (TPSA) is 122 Å². The Hall–Kier alpha value is -1.59. The summed E-state index contributed by atoms with van der Waals surface area (Å²) in [4.78, 5) is 12.7. The zero-order valence-electron chi connectivity index (χ0n) is 16.3. The number of nitro groups is 1. The summed E-state index contributed by atoms with van der Waals surface area (Å²) in [6.07, 6.45) is 3.46. The molecule has 2 rings (SSSR count). The fourth-order valence-electron chi connectivity index (χ4n) is 3.30. The molecule has 1 heterocycles. The van der Waals surface area contributed by atoms with Crippen LogP contribution >= 0.6 is 0 Å². The van der Waals surface area contributed by atoms with Crippen molar-refractivity contribution in [1.29, 1.82) is 0 Å². The van der Waals surface area contributed by atoms with E-state index in [1.807, 2.05) is 0 Å². The van der Waals surface area contributed by atoms with Crippen LogP contribution < -0.4 is 11.1 Å². The van der Waals surface area contributed by atoms with Crippen LogP contribution in [0, 0.1) is 10.1 Å². The van der Waals surface area contributed by atoms with Crippen LogP contribution in [-0.2, 0) is 10.0 Å². The molecule has 28 heavy (non-hydrogen) atoms. The summed E-state index contributed by atoms with van der Waals surface area (Å²) in [5.41, 5.74) is 5.50. The van der Waals surface area contributed by atoms with Gasteiger partial charge in [0, 0.05) is 25.2 Å². The summed E-state index contributed by atoms with van der Waals surface area (Å²) in [5.74, 6) is 0. The van der Waals surface area contributed by atoms with Crippen molar-refractivity contribution in [3.8, 4) is 0 Å². The van der Waals surface area contributed by atoms with Crippen LogP contribution in [0.25, 0.3) is 0 Å². The number of non-ortho nitro benzene ring substituents is 1. The van der Waals surface area contributed by atoms with Crippen molar-refractivity contribution < 1.29 is 13.3 Å². The lowest BCUT2D eigenvalue weighted by molar-refractivity contribution is -0.384. The van der Waals surface area contributed by atoms with Gasteiger partial charge in [-0.15, -0.1) is 0 Å². The van der Waals surface area contributed by atoms with Crippen LogP contribution in [0.5, 0.6) is 0 Å². The molecule has 0 unspecified atom stereocenters. The standard InChI is InChI=1S/C18H31N5O4S/c19-9-1-12-21-13-2-10-20-11-3-15-22(16-4-14-21)28(26,27)18-7-5-17(6-8-18)23(24)25/h5-8,20H,1-4,9-16,19H2. The lowest BCUT2D eigenvalue weighted by Gasteiger charge is -2.27. The molecule has 0 atom stereocenters. The van der Waals surface area contributed by atoms with E-state index in [0.717, 1.165) is 58.4 Å². The molecule has 0 spiro atoms. The number of benzene rings is 1. The minimum Gasteiger partial charge on any atom is -0.330 e. The summed E-state index contributed by atoms with van der Waals surface area (Å²) >= 11 is 0. The molecule has 0 saturated carbocycles. The monoisotopic (exact) mass is 413 g/mol. The molecule has 1 saturated heterocycles. The van der Waals surface area contributed by atoms with Gasteiger partial charge in [-0.25, -0.2) is 8.42 Å². The largest absolute Gasteiger partial charge is 0.330 e. The highest BCUT2D eigenvalue weighted by Crippen LogP contribution is 2.20. The van der Waals surface area contributed by atoms with Crippen LogP contribution in [0.2, 0.25) is 0 Å². The van der Waals surface area contributed by atoms with E-state index in [-0.39, 0.29) is 10.6 Å². The molecule has 9 nitrogen and oxygen atoms in total. The smallest absolute Gasteiger partial charge is 0.269 e. The van der Waals surface area contributed by atoms with Crippen molar-refractivity contribution in [2.45, 2.75) is 30.6 Å². The van der Waals surface area contributed by atoms with Crippen LogP contribution in [0.3, 0.4) is 0 Å². The highest BCUT2D eigenvalue weighted by molar-refractivity contribution is 7.89. The third-order valence-electron chi connectivity index (χ3n) is 4.83. The number of nitro benzene ring substituents is 1. The summed E-state index contributed by atoms with van der Waals surface area (Å²) in [5, 5.41) is 14.2. The first kappa shape index (κ1) is 22.7. The molecule has 1 aliphatic heterocycles. The summed E-state index contributed by atoms with van der Waals surface area (Å²) < 4.78 is 27.6. The summed E-state index contributed by atoms with van der Waals surface area (Å²) in [6.45, 7) is 5.90. The van der Waals surface area contributed by atoms with Crippen molar-refractivity contribution in [3.63, 3.8) is 0 Å². The van der Waals surface area contributed by atoms with Crippen LogP contribution in [0.4, 0.5) is 5.69 Å². The molecule has 1 aliphatic rings. The fraction of sp³-hybridized carbons (Fsp3) is 0.667. The first-order valence-electron chi connectivity index (χ1n) is 9.83. The third kappa shape index (κ3) is 6.78. The normalized spacial score (nSPS) is 18.9. The quantitative estimate of drug-likeness (QED) is 0.527. The van der Waals surface area contributed by atoms with Crippen molar-refractivity contribution >= 4 is 15.7 Å². The van der Waals surface area contributed by atoms with E-state index < -0.39 is 14.9 Å². The Balaban J connectivity index is 2.09. The predicted octanol–water partition coefficient (Wildman–Crippen LogP) is 1.01. The minimum atomic E-state index is -3.68. The highest BCUT2D eigenvalue weighted by atomic mass is 32.2. The molecule has 0 radical (unpaired) electrons. The van der Waals surface area contributed by atoms with E-state index in [1.165, 1.54) is 28.6 Å². The Morgan fingerprint density at radius 1 is 1.04 bits per heavy atom. The number of hydrogen-bond donors (Lipinski definition) is 2. The number of nitrogens with zero attached hydrogens (tertiary/aromatic N) is 3. The molecule has 1 aromatic rings. The van der Waals surface area contributed by atoms with Gasteiger partial charge in [0.15, 0.2) is 0 Å². The Kier molecular flexibility index (Phi) is 9.26. The molecule has 158 valence electrons. The van der Waals surface area contributed by atoms with Gasteiger partial charge in [-0.05, 0) is 77.1 Å². The Labute approximate surface area is 167 Å². The fourth-order valence-corrected chi connectivity index (χ4v) is 4.81. The van der Waals surface area contributed by atoms with E-state index in [4.69, 9.17) is 5.73 Å². The van der Waals surface area contributed by atoms with E-state index in [9.17, 15) is 18.5 Å². The van der Waals surface area contributed by atoms with Gasteiger partial charge in [0.1, 0.15) is 0 Å². The van der Waals surface area contributed by atoms with E-state index in [1.54, 1.807) is 0 Å². The van der Waals surface area contributed by atoms with E-state index >= 15 is 0 Å². The molecule has 0 aromatic heterocycles. The van der Waals surface area contributed by atoms with Gasteiger partial charge in [0.2, 0.25) is 10.0 Å². The maximum absolute atomic E-state index is 13.0. The highest BCUT2D eigenvalue weighted by Gasteiger charge is 2.25. The molecule has 1 fully saturated rings. The van der Waals surface area contributed by atoms with E-state index in [0.29, 0.717) is 19.6 Å². The van der Waals surface area contributed by atoms with Crippen molar-refractivity contribution in [3.05, 3.63) is 34.4 Å². The maximum Gasteiger partial charge on any atom is 0.269 e. The second-order valence-electron chi connectivity index (χ2n) is 6.95. The van der Waals surface area contributed by atoms with Gasteiger partial charge in [0.05, 0.1) is 9.82 Å². The van der Waals surface area contributed by atoms with Gasteiger partial charge < -0.3 is 16.0 Å². The second-order valence-corrected chi connectivity index (χ2v) is 8.89. The lowest BCUT2D eigenvalue weighted by atomic mass is 10.2. The van der Waals surface area contributed by atoms with E-state index in [2.05, 4.69) is 10.2 Å². The number of nitrogens with two attached hydrogens (primary N) is 1. The molecule has 1 aromatic carbocycles. The first-order valence-corrected chi connectivity index (χ1v) is 11.3. The molecule has 0 bridgehead atoms. The van der Waals surface area contributed by atoms with Crippen molar-refractivity contribution in [2.75, 3.05) is 52.4 Å². The van der Waals surface area contributed by atoms with Gasteiger partial charge in [-0.3, -0.25) is 10.1 Å². The Morgan fingerprint density at radius 2 is 1.64 bits per heavy atom. The molecular weight excluding hydrogens is 382 g/mol. The average molecular weight is 414 g/mol. The predicted molar refractivity (Wildman–Crippen MR) is 109 cm³/mol. The van der Waals surface area contributed by atoms with Gasteiger partial charge in [-0.1, -0.05) is 0 Å². The Morgan fingerprint density at radius 3 is 2.29 bits per heavy atom. The van der Waals surface area contributed by atoms with Gasteiger partial charge >= 0.3 is 0 Å². The summed E-state index contributed by atoms with van der Waals surface area (Å²) in [7, 11) is -3.68. The molecule has 0 amide bonds. The zero-order chi connectivity index (χ0) is 20.4. The number of sulfonamides is 1. The SMILES string of the molecule is NCCCN1CCCNCCCN(S(=O)(=O)c2ccc([N+](=O)[O-])cc2)CCC1. The van der Waals surface area contributed by atoms with Crippen molar-refractivity contribution in [2.24, 2.45) is 5.73 Å². The lowest BCUT2D eigenvalue weighted by Crippen LogP contribution is -2.38. The van der Waals surface area contributed by atoms with Gasteiger partial charge in [-0.2, -0.15) is 4.31 Å². The van der Waals surface area contributed by atoms with Crippen molar-refractivity contribution in [1.82, 2.24) is 14.5 Å².